The molecule has 0 amide bonds. The van der Waals surface area contributed by atoms with Gasteiger partial charge in [0.25, 0.3) is 0 Å². The molecule has 0 saturated carbocycles. The third kappa shape index (κ3) is 12.4. The Morgan fingerprint density at radius 2 is 1.50 bits per heavy atom. The van der Waals surface area contributed by atoms with Crippen molar-refractivity contribution in [2.24, 2.45) is 11.3 Å². The van der Waals surface area contributed by atoms with E-state index in [1.54, 1.807) is 0 Å². The van der Waals surface area contributed by atoms with Crippen molar-refractivity contribution in [3.8, 4) is 0 Å². The quantitative estimate of drug-likeness (QED) is 0.507. The van der Waals surface area contributed by atoms with Gasteiger partial charge in [0.1, 0.15) is 0 Å². The Labute approximate surface area is 115 Å². The number of hydrogen-bond donors (Lipinski definition) is 1. The molecule has 0 heterocycles. The van der Waals surface area contributed by atoms with Crippen molar-refractivity contribution >= 4 is 0 Å². The Morgan fingerprint density at radius 3 is 2.06 bits per heavy atom. The smallest absolute Gasteiger partial charge is 0.0542 e. The van der Waals surface area contributed by atoms with Crippen LogP contribution in [0.4, 0.5) is 0 Å². The minimum Gasteiger partial charge on any atom is -0.393 e. The highest BCUT2D eigenvalue weighted by atomic mass is 16.3. The summed E-state index contributed by atoms with van der Waals surface area (Å²) in [5, 5.41) is 10.0. The lowest BCUT2D eigenvalue weighted by Crippen LogP contribution is -2.17. The fourth-order valence-corrected chi connectivity index (χ4v) is 2.87. The summed E-state index contributed by atoms with van der Waals surface area (Å²) in [7, 11) is 0. The van der Waals surface area contributed by atoms with Gasteiger partial charge in [-0.3, -0.25) is 0 Å². The van der Waals surface area contributed by atoms with Crippen molar-refractivity contribution in [1.82, 2.24) is 0 Å². The molecule has 0 rings (SSSR count). The third-order valence-electron chi connectivity index (χ3n) is 3.53. The molecule has 18 heavy (non-hydrogen) atoms. The molecular formula is C17H36O. The SMILES string of the molecule is CCCCCCCCC(O)CC(C)CC(C)(C)C. The van der Waals surface area contributed by atoms with E-state index in [1.807, 2.05) is 0 Å². The van der Waals surface area contributed by atoms with E-state index in [9.17, 15) is 5.11 Å². The van der Waals surface area contributed by atoms with Gasteiger partial charge in [0.15, 0.2) is 0 Å². The molecule has 0 fully saturated rings. The molecule has 0 bridgehead atoms. The van der Waals surface area contributed by atoms with Gasteiger partial charge in [-0.2, -0.15) is 0 Å². The predicted octanol–water partition coefficient (Wildman–Crippen LogP) is 5.56. The molecule has 0 aliphatic rings. The molecule has 0 aliphatic carbocycles. The topological polar surface area (TPSA) is 20.2 Å². The van der Waals surface area contributed by atoms with E-state index in [0.717, 1.165) is 12.8 Å². The number of rotatable bonds is 10. The average Bonchev–Trinajstić information content (AvgIpc) is 2.20. The molecule has 1 nitrogen and oxygen atoms in total. The van der Waals surface area contributed by atoms with Crippen molar-refractivity contribution < 1.29 is 5.11 Å². The van der Waals surface area contributed by atoms with E-state index < -0.39 is 0 Å². The lowest BCUT2D eigenvalue weighted by Gasteiger charge is -2.24. The molecule has 110 valence electrons. The Kier molecular flexibility index (Phi) is 9.81. The van der Waals surface area contributed by atoms with Gasteiger partial charge in [0, 0.05) is 0 Å². The molecule has 0 aliphatic heterocycles. The maximum atomic E-state index is 10.0. The van der Waals surface area contributed by atoms with Crippen LogP contribution >= 0.6 is 0 Å². The van der Waals surface area contributed by atoms with Crippen LogP contribution in [-0.2, 0) is 0 Å². The van der Waals surface area contributed by atoms with Crippen LogP contribution in [-0.4, -0.2) is 11.2 Å². The van der Waals surface area contributed by atoms with Crippen LogP contribution in [0.2, 0.25) is 0 Å². The van der Waals surface area contributed by atoms with Gasteiger partial charge in [0.05, 0.1) is 6.10 Å². The molecular weight excluding hydrogens is 220 g/mol. The number of hydrogen-bond acceptors (Lipinski definition) is 1. The fourth-order valence-electron chi connectivity index (χ4n) is 2.87. The Bertz CT molecular complexity index is 181. The summed E-state index contributed by atoms with van der Waals surface area (Å²) in [6, 6.07) is 0. The van der Waals surface area contributed by atoms with Crippen molar-refractivity contribution in [1.29, 1.82) is 0 Å². The van der Waals surface area contributed by atoms with Crippen LogP contribution in [0.5, 0.6) is 0 Å². The van der Waals surface area contributed by atoms with Gasteiger partial charge in [-0.05, 0) is 30.6 Å². The largest absolute Gasteiger partial charge is 0.393 e. The Balaban J connectivity index is 3.50. The minimum atomic E-state index is -0.0754. The number of aliphatic hydroxyl groups is 1. The van der Waals surface area contributed by atoms with Gasteiger partial charge >= 0.3 is 0 Å². The van der Waals surface area contributed by atoms with Crippen molar-refractivity contribution in [3.05, 3.63) is 0 Å². The van der Waals surface area contributed by atoms with Gasteiger partial charge in [-0.1, -0.05) is 73.1 Å². The van der Waals surface area contributed by atoms with Crippen molar-refractivity contribution in [2.75, 3.05) is 0 Å². The normalized spacial score (nSPS) is 15.7. The summed E-state index contributed by atoms with van der Waals surface area (Å²) in [6.45, 7) is 11.4. The molecule has 2 atom stereocenters. The Morgan fingerprint density at radius 1 is 0.944 bits per heavy atom. The Hall–Kier alpha value is -0.0400. The highest BCUT2D eigenvalue weighted by molar-refractivity contribution is 4.69. The number of aliphatic hydroxyl groups excluding tert-OH is 1. The highest BCUT2D eigenvalue weighted by Crippen LogP contribution is 2.27. The number of unbranched alkanes of at least 4 members (excludes halogenated alkanes) is 5. The van der Waals surface area contributed by atoms with E-state index in [-0.39, 0.29) is 6.10 Å². The van der Waals surface area contributed by atoms with Crippen LogP contribution in [0.15, 0.2) is 0 Å². The van der Waals surface area contributed by atoms with Gasteiger partial charge in [0.2, 0.25) is 0 Å². The van der Waals surface area contributed by atoms with Crippen molar-refractivity contribution in [2.45, 2.75) is 98.5 Å². The molecule has 1 N–H and O–H groups in total. The van der Waals surface area contributed by atoms with Crippen LogP contribution in [0.3, 0.4) is 0 Å². The van der Waals surface area contributed by atoms with Crippen LogP contribution in [0.25, 0.3) is 0 Å². The average molecular weight is 256 g/mol. The van der Waals surface area contributed by atoms with Crippen LogP contribution < -0.4 is 0 Å². The standard InChI is InChI=1S/C17H36O/c1-6-7-8-9-10-11-12-16(18)13-15(2)14-17(3,4)5/h15-16,18H,6-14H2,1-5H3. The second-order valence-electron chi connectivity index (χ2n) is 7.32. The molecule has 0 radical (unpaired) electrons. The molecule has 0 saturated heterocycles. The lowest BCUT2D eigenvalue weighted by atomic mass is 9.83. The van der Waals surface area contributed by atoms with Gasteiger partial charge < -0.3 is 5.11 Å². The maximum Gasteiger partial charge on any atom is 0.0542 e. The minimum absolute atomic E-state index is 0.0754. The molecule has 0 spiro atoms. The summed E-state index contributed by atoms with van der Waals surface area (Å²) < 4.78 is 0. The summed E-state index contributed by atoms with van der Waals surface area (Å²) in [6.07, 6.45) is 11.0. The zero-order chi connectivity index (χ0) is 14.0. The monoisotopic (exact) mass is 256 g/mol. The van der Waals surface area contributed by atoms with Crippen LogP contribution in [0, 0.1) is 11.3 Å². The summed E-state index contributed by atoms with van der Waals surface area (Å²) in [5.41, 5.74) is 0.388. The summed E-state index contributed by atoms with van der Waals surface area (Å²) >= 11 is 0. The first kappa shape index (κ1) is 18.0. The van der Waals surface area contributed by atoms with E-state index >= 15 is 0 Å². The summed E-state index contributed by atoms with van der Waals surface area (Å²) in [4.78, 5) is 0. The van der Waals surface area contributed by atoms with Crippen LogP contribution in [0.1, 0.15) is 92.4 Å². The van der Waals surface area contributed by atoms with E-state index in [0.29, 0.717) is 11.3 Å². The van der Waals surface area contributed by atoms with E-state index in [4.69, 9.17) is 0 Å². The predicted molar refractivity (Wildman–Crippen MR) is 81.9 cm³/mol. The molecule has 0 aromatic rings. The molecule has 1 heteroatoms. The zero-order valence-corrected chi connectivity index (χ0v) is 13.5. The second kappa shape index (κ2) is 9.83. The second-order valence-corrected chi connectivity index (χ2v) is 7.32. The maximum absolute atomic E-state index is 10.0. The molecule has 0 aromatic carbocycles. The fraction of sp³-hybridized carbons (Fsp3) is 1.00. The molecule has 0 aromatic heterocycles. The first-order valence-corrected chi connectivity index (χ1v) is 8.03. The first-order valence-electron chi connectivity index (χ1n) is 8.03. The third-order valence-corrected chi connectivity index (χ3v) is 3.53. The van der Waals surface area contributed by atoms with E-state index in [1.165, 1.54) is 44.9 Å². The first-order chi connectivity index (χ1) is 8.35. The van der Waals surface area contributed by atoms with Gasteiger partial charge in [-0.15, -0.1) is 0 Å². The highest BCUT2D eigenvalue weighted by Gasteiger charge is 2.17. The molecule has 2 unspecified atom stereocenters. The summed E-state index contributed by atoms with van der Waals surface area (Å²) in [5.74, 6) is 0.639. The van der Waals surface area contributed by atoms with E-state index in [2.05, 4.69) is 34.6 Å². The zero-order valence-electron chi connectivity index (χ0n) is 13.5. The van der Waals surface area contributed by atoms with Gasteiger partial charge in [-0.25, -0.2) is 0 Å². The van der Waals surface area contributed by atoms with Crippen molar-refractivity contribution in [3.63, 3.8) is 0 Å². The lowest BCUT2D eigenvalue weighted by molar-refractivity contribution is 0.121.